The maximum absolute atomic E-state index is 14.6. The number of halogens is 3. The maximum Gasteiger partial charge on any atom is 0.425 e. The van der Waals surface area contributed by atoms with E-state index in [9.17, 15) is 8.22 Å². The lowest BCUT2D eigenvalue weighted by Gasteiger charge is -2.20. The average Bonchev–Trinajstić information content (AvgIpc) is 2.78. The van der Waals surface area contributed by atoms with E-state index in [2.05, 4.69) is 6.92 Å². The van der Waals surface area contributed by atoms with Crippen molar-refractivity contribution in [3.63, 3.8) is 0 Å². The van der Waals surface area contributed by atoms with Crippen LogP contribution in [-0.2, 0) is 5.88 Å². The molecule has 0 saturated carbocycles. The Morgan fingerprint density at radius 2 is 1.16 bits per heavy atom. The Labute approximate surface area is 204 Å². The normalized spacial score (nSPS) is 12.9. The number of hydrogen-bond donors (Lipinski definition) is 0. The minimum atomic E-state index is -4.14. The van der Waals surface area contributed by atoms with Gasteiger partial charge in [0, 0.05) is 11.9 Å². The van der Waals surface area contributed by atoms with Crippen molar-refractivity contribution in [3.8, 4) is 0 Å². The van der Waals surface area contributed by atoms with Crippen molar-refractivity contribution in [1.82, 2.24) is 0 Å². The largest absolute Gasteiger partial charge is 0.425 e. The van der Waals surface area contributed by atoms with Gasteiger partial charge in [0.15, 0.2) is 0 Å². The average molecular weight is 487 g/mol. The van der Waals surface area contributed by atoms with Crippen molar-refractivity contribution in [2.75, 3.05) is 0 Å². The van der Waals surface area contributed by atoms with Crippen molar-refractivity contribution >= 4 is 20.3 Å². The van der Waals surface area contributed by atoms with E-state index in [1.54, 1.807) is 0 Å². The molecule has 0 amide bonds. The molecule has 1 aromatic carbocycles. The highest BCUT2D eigenvalue weighted by Gasteiger charge is 2.36. The lowest BCUT2D eigenvalue weighted by Crippen LogP contribution is -2.24. The Morgan fingerprint density at radius 1 is 0.719 bits per heavy atom. The molecule has 4 heteroatoms. The molecule has 0 bridgehead atoms. The smallest absolute Gasteiger partial charge is 0.270 e. The molecule has 0 nitrogen and oxygen atoms in total. The van der Waals surface area contributed by atoms with Crippen LogP contribution in [0.15, 0.2) is 24.3 Å². The SMILES string of the molecule is CCCCCCCCCCCCCCCCCC[Si](F)(F)CC(C)c1ccccc1CCl. The van der Waals surface area contributed by atoms with Gasteiger partial charge in [-0.1, -0.05) is 141 Å². The van der Waals surface area contributed by atoms with E-state index >= 15 is 0 Å². The Bertz CT molecular complexity index is 564. The van der Waals surface area contributed by atoms with Crippen LogP contribution >= 0.6 is 11.6 Å². The molecule has 1 atom stereocenters. The standard InChI is InChI=1S/C28H49ClF2Si/c1-3-4-5-6-7-8-9-10-11-12-13-14-15-16-17-20-23-32(30,31)25-26(2)28-22-19-18-21-27(28)24-29/h18-19,21-22,26H,3-17,20,23-25H2,1-2H3. The third-order valence-electron chi connectivity index (χ3n) is 6.73. The molecule has 0 aliphatic heterocycles. The fourth-order valence-electron chi connectivity index (χ4n) is 4.73. The summed E-state index contributed by atoms with van der Waals surface area (Å²) in [6.07, 6.45) is 20.5. The van der Waals surface area contributed by atoms with E-state index in [1.165, 1.54) is 83.5 Å². The molecular weight excluding hydrogens is 438 g/mol. The van der Waals surface area contributed by atoms with Gasteiger partial charge in [0.1, 0.15) is 0 Å². The van der Waals surface area contributed by atoms with Crippen LogP contribution < -0.4 is 0 Å². The monoisotopic (exact) mass is 486 g/mol. The summed E-state index contributed by atoms with van der Waals surface area (Å²) in [6.45, 7) is 4.20. The molecule has 0 N–H and O–H groups in total. The Morgan fingerprint density at radius 3 is 1.62 bits per heavy atom. The van der Waals surface area contributed by atoms with Crippen molar-refractivity contribution < 1.29 is 8.22 Å². The number of unbranched alkanes of at least 4 members (excludes halogenated alkanes) is 15. The molecule has 0 aliphatic rings. The van der Waals surface area contributed by atoms with Crippen LogP contribution in [0.25, 0.3) is 0 Å². The predicted molar refractivity (Wildman–Crippen MR) is 142 cm³/mol. The van der Waals surface area contributed by atoms with Crippen LogP contribution in [0.3, 0.4) is 0 Å². The minimum Gasteiger partial charge on any atom is -0.270 e. The highest BCUT2D eigenvalue weighted by Crippen LogP contribution is 2.33. The summed E-state index contributed by atoms with van der Waals surface area (Å²) < 4.78 is 29.2. The predicted octanol–water partition coefficient (Wildman–Crippen LogP) is 11.2. The van der Waals surface area contributed by atoms with Gasteiger partial charge in [-0.15, -0.1) is 11.6 Å². The van der Waals surface area contributed by atoms with Crippen LogP contribution in [0, 0.1) is 0 Å². The molecule has 1 aromatic rings. The Hall–Kier alpha value is -0.413. The van der Waals surface area contributed by atoms with E-state index in [0.717, 1.165) is 24.0 Å². The maximum atomic E-state index is 14.6. The van der Waals surface area contributed by atoms with Crippen molar-refractivity contribution in [2.45, 2.75) is 140 Å². The molecule has 0 aliphatic carbocycles. The third-order valence-corrected chi connectivity index (χ3v) is 9.31. The van der Waals surface area contributed by atoms with Gasteiger partial charge in [-0.3, -0.25) is 8.22 Å². The number of alkyl halides is 1. The first-order valence-electron chi connectivity index (χ1n) is 13.5. The molecule has 0 spiro atoms. The fourth-order valence-corrected chi connectivity index (χ4v) is 7.06. The van der Waals surface area contributed by atoms with E-state index in [-0.39, 0.29) is 18.0 Å². The molecule has 186 valence electrons. The molecule has 0 radical (unpaired) electrons. The molecule has 0 saturated heterocycles. The molecule has 1 rings (SSSR count). The van der Waals surface area contributed by atoms with Gasteiger partial charge < -0.3 is 0 Å². The third kappa shape index (κ3) is 14.7. The zero-order chi connectivity index (χ0) is 23.5. The molecule has 1 unspecified atom stereocenters. The van der Waals surface area contributed by atoms with Gasteiger partial charge >= 0.3 is 8.74 Å². The van der Waals surface area contributed by atoms with Gasteiger partial charge in [0.2, 0.25) is 0 Å². The van der Waals surface area contributed by atoms with E-state index in [1.807, 2.05) is 31.2 Å². The van der Waals surface area contributed by atoms with Crippen LogP contribution in [0.2, 0.25) is 12.1 Å². The molecule has 32 heavy (non-hydrogen) atoms. The van der Waals surface area contributed by atoms with Gasteiger partial charge in [-0.2, -0.15) is 0 Å². The van der Waals surface area contributed by atoms with Crippen molar-refractivity contribution in [1.29, 1.82) is 0 Å². The van der Waals surface area contributed by atoms with Gasteiger partial charge in [-0.05, 0) is 23.1 Å². The number of rotatable bonds is 21. The van der Waals surface area contributed by atoms with E-state index < -0.39 is 8.74 Å². The van der Waals surface area contributed by atoms with Crippen LogP contribution in [0.5, 0.6) is 0 Å². The number of benzene rings is 1. The minimum absolute atomic E-state index is 0.0552. The first kappa shape index (κ1) is 29.6. The van der Waals surface area contributed by atoms with Crippen LogP contribution in [-0.4, -0.2) is 8.74 Å². The van der Waals surface area contributed by atoms with E-state index in [0.29, 0.717) is 12.3 Å². The summed E-state index contributed by atoms with van der Waals surface area (Å²) >= 11 is 5.98. The Kier molecular flexibility index (Phi) is 17.5. The molecular formula is C28H49ClF2Si. The first-order chi connectivity index (χ1) is 15.5. The van der Waals surface area contributed by atoms with Crippen molar-refractivity contribution in [3.05, 3.63) is 35.4 Å². The molecule has 0 aromatic heterocycles. The van der Waals surface area contributed by atoms with Crippen molar-refractivity contribution in [2.24, 2.45) is 0 Å². The zero-order valence-electron chi connectivity index (χ0n) is 21.0. The molecule has 0 fully saturated rings. The second kappa shape index (κ2) is 19.0. The van der Waals surface area contributed by atoms with Crippen LogP contribution in [0.1, 0.15) is 134 Å². The topological polar surface area (TPSA) is 0 Å². The number of hydrogen-bond acceptors (Lipinski definition) is 0. The highest BCUT2D eigenvalue weighted by atomic mass is 35.5. The lowest BCUT2D eigenvalue weighted by atomic mass is 9.98. The quantitative estimate of drug-likeness (QED) is 0.0700. The summed E-state index contributed by atoms with van der Waals surface area (Å²) in [6, 6.07) is 7.98. The Balaban J connectivity index is 1.98. The summed E-state index contributed by atoms with van der Waals surface area (Å²) in [4.78, 5) is 0. The summed E-state index contributed by atoms with van der Waals surface area (Å²) in [5.41, 5.74) is 2.00. The zero-order valence-corrected chi connectivity index (χ0v) is 22.7. The summed E-state index contributed by atoms with van der Waals surface area (Å²) in [7, 11) is -4.14. The fraction of sp³-hybridized carbons (Fsp3) is 0.786. The second-order valence-corrected chi connectivity index (χ2v) is 12.7. The van der Waals surface area contributed by atoms with Gasteiger partial charge in [-0.25, -0.2) is 0 Å². The second-order valence-electron chi connectivity index (χ2n) is 9.85. The molecule has 0 heterocycles. The lowest BCUT2D eigenvalue weighted by molar-refractivity contribution is 0.524. The van der Waals surface area contributed by atoms with Gasteiger partial charge in [0.05, 0.1) is 0 Å². The van der Waals surface area contributed by atoms with Gasteiger partial charge in [0.25, 0.3) is 0 Å². The summed E-state index contributed by atoms with van der Waals surface area (Å²) in [5, 5.41) is 0. The highest BCUT2D eigenvalue weighted by molar-refractivity contribution is 6.66. The first-order valence-corrected chi connectivity index (χ1v) is 16.2. The van der Waals surface area contributed by atoms with E-state index in [4.69, 9.17) is 11.6 Å². The summed E-state index contributed by atoms with van der Waals surface area (Å²) in [5.74, 6) is 0.292. The van der Waals surface area contributed by atoms with Crippen LogP contribution in [0.4, 0.5) is 8.22 Å².